The molecule has 0 saturated carbocycles. The van der Waals surface area contributed by atoms with Gasteiger partial charge in [-0.05, 0) is 47.2 Å². The highest BCUT2D eigenvalue weighted by Crippen LogP contribution is 2.23. The van der Waals surface area contributed by atoms with Crippen LogP contribution in [0.4, 0.5) is 5.69 Å². The average molecular weight is 370 g/mol. The van der Waals surface area contributed by atoms with E-state index in [4.69, 9.17) is 4.74 Å². The number of nitrogens with zero attached hydrogens (tertiary/aromatic N) is 1. The van der Waals surface area contributed by atoms with Crippen LogP contribution < -0.4 is 14.4 Å². The first-order valence-electron chi connectivity index (χ1n) is 8.33. The molecule has 0 atom stereocenters. The van der Waals surface area contributed by atoms with E-state index in [-0.39, 0.29) is 4.90 Å². The van der Waals surface area contributed by atoms with Gasteiger partial charge in [0.15, 0.2) is 0 Å². The number of hydrogen-bond acceptors (Lipinski definition) is 4. The van der Waals surface area contributed by atoms with Gasteiger partial charge in [-0.3, -0.25) is 0 Å². The number of anilines is 1. The van der Waals surface area contributed by atoms with Gasteiger partial charge in [-0.15, -0.1) is 0 Å². The van der Waals surface area contributed by atoms with Crippen molar-refractivity contribution in [2.24, 2.45) is 0 Å². The molecule has 0 radical (unpaired) electrons. The lowest BCUT2D eigenvalue weighted by Crippen LogP contribution is -2.33. The summed E-state index contributed by atoms with van der Waals surface area (Å²) < 4.78 is 33.0. The molecule has 0 heterocycles. The van der Waals surface area contributed by atoms with Gasteiger partial charge in [-0.25, -0.2) is 13.1 Å². The minimum atomic E-state index is -3.55. The van der Waals surface area contributed by atoms with Crippen molar-refractivity contribution in [3.63, 3.8) is 0 Å². The van der Waals surface area contributed by atoms with E-state index in [1.165, 1.54) is 0 Å². The number of ether oxygens (including phenoxy) is 1. The Morgan fingerprint density at radius 2 is 1.65 bits per heavy atom. The Balaban J connectivity index is 1.69. The molecule has 0 aliphatic rings. The van der Waals surface area contributed by atoms with Gasteiger partial charge in [-0.2, -0.15) is 0 Å². The summed E-state index contributed by atoms with van der Waals surface area (Å²) in [5.74, 6) is 0.746. The molecule has 0 bridgehead atoms. The van der Waals surface area contributed by atoms with E-state index in [1.54, 1.807) is 25.3 Å². The van der Waals surface area contributed by atoms with Crippen LogP contribution >= 0.6 is 0 Å². The molecule has 136 valence electrons. The van der Waals surface area contributed by atoms with E-state index < -0.39 is 10.0 Å². The molecule has 1 N–H and O–H groups in total. The molecular weight excluding hydrogens is 348 g/mol. The minimum absolute atomic E-state index is 0.262. The Morgan fingerprint density at radius 3 is 2.38 bits per heavy atom. The molecule has 0 aliphatic heterocycles. The fourth-order valence-corrected chi connectivity index (χ4v) is 3.79. The van der Waals surface area contributed by atoms with Crippen molar-refractivity contribution in [1.82, 2.24) is 4.72 Å². The number of nitrogens with one attached hydrogen (secondary N) is 1. The fourth-order valence-electron chi connectivity index (χ4n) is 2.74. The summed E-state index contributed by atoms with van der Waals surface area (Å²) in [5, 5.41) is 1.79. The lowest BCUT2D eigenvalue weighted by atomic mass is 10.1. The van der Waals surface area contributed by atoms with Gasteiger partial charge in [0.05, 0.1) is 12.0 Å². The smallest absolute Gasteiger partial charge is 0.240 e. The van der Waals surface area contributed by atoms with Crippen LogP contribution in [-0.2, 0) is 10.0 Å². The molecule has 3 rings (SSSR count). The first-order valence-corrected chi connectivity index (χ1v) is 9.81. The summed E-state index contributed by atoms with van der Waals surface area (Å²) in [4.78, 5) is 2.27. The summed E-state index contributed by atoms with van der Waals surface area (Å²) >= 11 is 0. The normalized spacial score (nSPS) is 11.5. The van der Waals surface area contributed by atoms with Crippen LogP contribution in [0.2, 0.25) is 0 Å². The molecule has 0 aliphatic carbocycles. The third-order valence-corrected chi connectivity index (χ3v) is 5.72. The maximum Gasteiger partial charge on any atom is 0.240 e. The number of sulfonamides is 1. The molecule has 3 aromatic rings. The molecule has 6 heteroatoms. The number of para-hydroxylation sites is 1. The molecule has 0 unspecified atom stereocenters. The molecule has 5 nitrogen and oxygen atoms in total. The largest absolute Gasteiger partial charge is 0.497 e. The van der Waals surface area contributed by atoms with Crippen molar-refractivity contribution < 1.29 is 13.2 Å². The maximum absolute atomic E-state index is 12.6. The van der Waals surface area contributed by atoms with Crippen molar-refractivity contribution in [3.05, 3.63) is 66.7 Å². The third-order valence-electron chi connectivity index (χ3n) is 4.27. The number of likely N-dealkylation sites (N-methyl/N-ethyl adjacent to an activating group) is 1. The Hall–Kier alpha value is -2.57. The lowest BCUT2D eigenvalue weighted by Gasteiger charge is -2.19. The Morgan fingerprint density at radius 1 is 0.962 bits per heavy atom. The van der Waals surface area contributed by atoms with Crippen LogP contribution in [0.5, 0.6) is 5.75 Å². The SMILES string of the molecule is COc1ccc2cc(S(=O)(=O)NCCN(C)c3ccccc3)ccc2c1. The second kappa shape index (κ2) is 7.76. The molecule has 0 saturated heterocycles. The molecule has 3 aromatic carbocycles. The van der Waals surface area contributed by atoms with Crippen LogP contribution in [0.3, 0.4) is 0 Å². The summed E-state index contributed by atoms with van der Waals surface area (Å²) in [6.07, 6.45) is 0. The van der Waals surface area contributed by atoms with Gasteiger partial charge < -0.3 is 9.64 Å². The molecule has 0 aromatic heterocycles. The van der Waals surface area contributed by atoms with Crippen molar-refractivity contribution >= 4 is 26.5 Å². The highest BCUT2D eigenvalue weighted by Gasteiger charge is 2.14. The van der Waals surface area contributed by atoms with Crippen molar-refractivity contribution in [3.8, 4) is 5.75 Å². The Bertz CT molecular complexity index is 988. The zero-order valence-electron chi connectivity index (χ0n) is 14.8. The number of rotatable bonds is 7. The molecule has 0 amide bonds. The second-order valence-electron chi connectivity index (χ2n) is 6.03. The highest BCUT2D eigenvalue weighted by atomic mass is 32.2. The quantitative estimate of drug-likeness (QED) is 0.693. The standard InChI is InChI=1S/C20H22N2O3S/c1-22(18-6-4-3-5-7-18)13-12-21-26(23,24)20-11-9-16-14-19(25-2)10-8-17(16)15-20/h3-11,14-15,21H,12-13H2,1-2H3. The van der Waals surface area contributed by atoms with Crippen LogP contribution in [0.15, 0.2) is 71.6 Å². The summed E-state index contributed by atoms with van der Waals surface area (Å²) in [6, 6.07) is 20.5. The summed E-state index contributed by atoms with van der Waals surface area (Å²) in [5.41, 5.74) is 1.05. The average Bonchev–Trinajstić information content (AvgIpc) is 2.67. The third kappa shape index (κ3) is 4.15. The van der Waals surface area contributed by atoms with Gasteiger partial charge in [0.25, 0.3) is 0 Å². The maximum atomic E-state index is 12.6. The zero-order chi connectivity index (χ0) is 18.6. The van der Waals surface area contributed by atoms with Gasteiger partial charge in [-0.1, -0.05) is 30.3 Å². The van der Waals surface area contributed by atoms with Gasteiger partial charge in [0, 0.05) is 25.8 Å². The topological polar surface area (TPSA) is 58.6 Å². The predicted octanol–water partition coefficient (Wildman–Crippen LogP) is 3.26. The minimum Gasteiger partial charge on any atom is -0.497 e. The zero-order valence-corrected chi connectivity index (χ0v) is 15.7. The number of hydrogen-bond donors (Lipinski definition) is 1. The van der Waals surface area contributed by atoms with Crippen molar-refractivity contribution in [2.45, 2.75) is 4.90 Å². The Kier molecular flexibility index (Phi) is 5.44. The second-order valence-corrected chi connectivity index (χ2v) is 7.80. The number of methoxy groups -OCH3 is 1. The van der Waals surface area contributed by atoms with E-state index in [0.717, 1.165) is 22.2 Å². The monoisotopic (exact) mass is 370 g/mol. The fraction of sp³-hybridized carbons (Fsp3) is 0.200. The first kappa shape index (κ1) is 18.2. The lowest BCUT2D eigenvalue weighted by molar-refractivity contribution is 0.415. The van der Waals surface area contributed by atoms with E-state index in [9.17, 15) is 8.42 Å². The Labute approximate surface area is 154 Å². The predicted molar refractivity (Wildman–Crippen MR) is 105 cm³/mol. The van der Waals surface area contributed by atoms with E-state index in [1.807, 2.05) is 60.5 Å². The van der Waals surface area contributed by atoms with E-state index >= 15 is 0 Å². The van der Waals surface area contributed by atoms with Gasteiger partial charge >= 0.3 is 0 Å². The summed E-state index contributed by atoms with van der Waals surface area (Å²) in [7, 11) is -0.00814. The van der Waals surface area contributed by atoms with Crippen LogP contribution in [0.25, 0.3) is 10.8 Å². The van der Waals surface area contributed by atoms with Crippen molar-refractivity contribution in [1.29, 1.82) is 0 Å². The van der Waals surface area contributed by atoms with Crippen LogP contribution in [0.1, 0.15) is 0 Å². The van der Waals surface area contributed by atoms with E-state index in [0.29, 0.717) is 13.1 Å². The van der Waals surface area contributed by atoms with Gasteiger partial charge in [0.2, 0.25) is 10.0 Å². The molecular formula is C20H22N2O3S. The van der Waals surface area contributed by atoms with E-state index in [2.05, 4.69) is 4.72 Å². The number of fused-ring (bicyclic) bond motifs is 1. The van der Waals surface area contributed by atoms with Gasteiger partial charge in [0.1, 0.15) is 5.75 Å². The van der Waals surface area contributed by atoms with Crippen LogP contribution in [-0.4, -0.2) is 35.7 Å². The first-order chi connectivity index (χ1) is 12.5. The summed E-state index contributed by atoms with van der Waals surface area (Å²) in [6.45, 7) is 0.905. The van der Waals surface area contributed by atoms with Crippen molar-refractivity contribution in [2.75, 3.05) is 32.1 Å². The molecule has 0 spiro atoms. The van der Waals surface area contributed by atoms with Crippen LogP contribution in [0, 0.1) is 0 Å². The molecule has 26 heavy (non-hydrogen) atoms. The molecule has 0 fully saturated rings. The number of benzene rings is 3. The highest BCUT2D eigenvalue weighted by molar-refractivity contribution is 7.89.